The number of likely N-dealkylation sites (tertiary alicyclic amines) is 1. The molecule has 0 atom stereocenters. The van der Waals surface area contributed by atoms with Crippen molar-refractivity contribution in [1.29, 1.82) is 0 Å². The lowest BCUT2D eigenvalue weighted by molar-refractivity contribution is -0.141. The molecule has 1 aliphatic rings. The molecule has 1 amide bonds. The number of hydrogen-bond donors (Lipinski definition) is 2. The zero-order valence-corrected chi connectivity index (χ0v) is 14.9. The minimum atomic E-state index is -3.04. The van der Waals surface area contributed by atoms with Crippen LogP contribution < -0.4 is 5.32 Å². The van der Waals surface area contributed by atoms with Crippen molar-refractivity contribution in [3.05, 3.63) is 0 Å². The molecule has 1 heterocycles. The second-order valence-corrected chi connectivity index (χ2v) is 9.36. The van der Waals surface area contributed by atoms with Gasteiger partial charge in [-0.15, -0.1) is 0 Å². The zero-order chi connectivity index (χ0) is 17.9. The first-order valence-corrected chi connectivity index (χ1v) is 9.50. The predicted molar refractivity (Wildman–Crippen MR) is 85.1 cm³/mol. The summed E-state index contributed by atoms with van der Waals surface area (Å²) in [5.74, 6) is -0.927. The summed E-state index contributed by atoms with van der Waals surface area (Å²) in [6, 6.07) is 0. The Balaban J connectivity index is 2.53. The van der Waals surface area contributed by atoms with Crippen LogP contribution in [0.2, 0.25) is 0 Å². The summed E-state index contributed by atoms with van der Waals surface area (Å²) < 4.78 is 27.4. The van der Waals surface area contributed by atoms with E-state index in [2.05, 4.69) is 5.32 Å². The number of nitrogens with zero attached hydrogens (tertiary/aromatic N) is 1. The molecule has 2 N–H and O–H groups in total. The lowest BCUT2D eigenvalue weighted by atomic mass is 9.86. The van der Waals surface area contributed by atoms with Crippen LogP contribution in [0.15, 0.2) is 0 Å². The summed E-state index contributed by atoms with van der Waals surface area (Å²) >= 11 is 0. The van der Waals surface area contributed by atoms with E-state index < -0.39 is 33.0 Å². The molecular weight excluding hydrogens is 324 g/mol. The molecule has 0 saturated carbocycles. The average molecular weight is 350 g/mol. The van der Waals surface area contributed by atoms with Crippen molar-refractivity contribution in [1.82, 2.24) is 10.2 Å². The SMILES string of the molecule is CC(C)(C)OC(=O)N1CC(CC(=O)O)(NCCCS(C)(=O)=O)C1. The highest BCUT2D eigenvalue weighted by atomic mass is 32.2. The number of hydrogen-bond acceptors (Lipinski definition) is 6. The van der Waals surface area contributed by atoms with Crippen molar-refractivity contribution >= 4 is 21.9 Å². The second-order valence-electron chi connectivity index (χ2n) is 7.10. The van der Waals surface area contributed by atoms with E-state index in [1.807, 2.05) is 0 Å². The summed E-state index contributed by atoms with van der Waals surface area (Å²) in [5, 5.41) is 12.1. The fraction of sp³-hybridized carbons (Fsp3) is 0.857. The smallest absolute Gasteiger partial charge is 0.410 e. The third-order valence-electron chi connectivity index (χ3n) is 3.32. The standard InChI is InChI=1S/C14H26N2O6S/c1-13(2,3)22-12(19)16-9-14(10-16,8-11(17)18)15-6-5-7-23(4,20)21/h15H,5-10H2,1-4H3,(H,17,18). The summed E-state index contributed by atoms with van der Waals surface area (Å²) in [6.45, 7) is 6.12. The molecule has 0 aromatic carbocycles. The van der Waals surface area contributed by atoms with Crippen molar-refractivity contribution in [2.45, 2.75) is 44.8 Å². The maximum Gasteiger partial charge on any atom is 0.410 e. The number of carbonyl (C=O) groups is 2. The van der Waals surface area contributed by atoms with Gasteiger partial charge in [0.05, 0.1) is 17.7 Å². The van der Waals surface area contributed by atoms with Crippen LogP contribution in [0.1, 0.15) is 33.6 Å². The van der Waals surface area contributed by atoms with E-state index in [0.717, 1.165) is 6.26 Å². The Labute approximate surface area is 137 Å². The van der Waals surface area contributed by atoms with Gasteiger partial charge in [0.15, 0.2) is 0 Å². The van der Waals surface area contributed by atoms with Gasteiger partial charge in [0.2, 0.25) is 0 Å². The van der Waals surface area contributed by atoms with Crippen LogP contribution in [0.25, 0.3) is 0 Å². The third-order valence-corrected chi connectivity index (χ3v) is 4.35. The average Bonchev–Trinajstić information content (AvgIpc) is 2.25. The molecular formula is C14H26N2O6S. The Morgan fingerprint density at radius 1 is 1.30 bits per heavy atom. The van der Waals surface area contributed by atoms with Gasteiger partial charge < -0.3 is 20.1 Å². The van der Waals surface area contributed by atoms with Crippen LogP contribution in [-0.4, -0.2) is 73.3 Å². The van der Waals surface area contributed by atoms with Crippen molar-refractivity contribution in [3.8, 4) is 0 Å². The van der Waals surface area contributed by atoms with Gasteiger partial charge in [0.25, 0.3) is 0 Å². The van der Waals surface area contributed by atoms with Crippen LogP contribution in [0.3, 0.4) is 0 Å². The normalized spacial score (nSPS) is 17.5. The lowest BCUT2D eigenvalue weighted by Crippen LogP contribution is -2.71. The minimum absolute atomic E-state index is 0.0406. The van der Waals surface area contributed by atoms with Crippen LogP contribution in [0.5, 0.6) is 0 Å². The van der Waals surface area contributed by atoms with Crippen molar-refractivity contribution in [2.75, 3.05) is 31.6 Å². The number of rotatable bonds is 7. The van der Waals surface area contributed by atoms with E-state index >= 15 is 0 Å². The van der Waals surface area contributed by atoms with Crippen LogP contribution >= 0.6 is 0 Å². The summed E-state index contributed by atoms with van der Waals surface area (Å²) in [7, 11) is -3.04. The number of sulfone groups is 1. The molecule has 1 saturated heterocycles. The van der Waals surface area contributed by atoms with E-state index in [0.29, 0.717) is 13.0 Å². The van der Waals surface area contributed by atoms with Gasteiger partial charge in [0.1, 0.15) is 15.4 Å². The largest absolute Gasteiger partial charge is 0.481 e. The molecule has 1 rings (SSSR count). The van der Waals surface area contributed by atoms with Gasteiger partial charge in [-0.1, -0.05) is 0 Å². The molecule has 134 valence electrons. The highest BCUT2D eigenvalue weighted by Crippen LogP contribution is 2.26. The topological polar surface area (TPSA) is 113 Å². The highest BCUT2D eigenvalue weighted by Gasteiger charge is 2.47. The Bertz CT molecular complexity index is 546. The van der Waals surface area contributed by atoms with Crippen molar-refractivity contribution in [2.24, 2.45) is 0 Å². The van der Waals surface area contributed by atoms with Gasteiger partial charge in [-0.2, -0.15) is 0 Å². The number of ether oxygens (including phenoxy) is 1. The van der Waals surface area contributed by atoms with E-state index in [9.17, 15) is 18.0 Å². The molecule has 8 nitrogen and oxygen atoms in total. The molecule has 0 unspecified atom stereocenters. The summed E-state index contributed by atoms with van der Waals surface area (Å²) in [6.07, 6.45) is 0.947. The Morgan fingerprint density at radius 2 is 1.87 bits per heavy atom. The molecule has 9 heteroatoms. The molecule has 0 aromatic rings. The first kappa shape index (κ1) is 19.7. The molecule has 1 aliphatic heterocycles. The number of nitrogens with one attached hydrogen (secondary N) is 1. The minimum Gasteiger partial charge on any atom is -0.481 e. The molecule has 0 bridgehead atoms. The zero-order valence-electron chi connectivity index (χ0n) is 14.1. The first-order chi connectivity index (χ1) is 10.3. The molecule has 23 heavy (non-hydrogen) atoms. The molecule has 0 radical (unpaired) electrons. The number of aliphatic carboxylic acids is 1. The predicted octanol–water partition coefficient (Wildman–Crippen LogP) is 0.475. The van der Waals surface area contributed by atoms with Crippen molar-refractivity contribution < 1.29 is 27.9 Å². The fourth-order valence-electron chi connectivity index (χ4n) is 2.40. The van der Waals surface area contributed by atoms with E-state index in [-0.39, 0.29) is 25.3 Å². The quantitative estimate of drug-likeness (QED) is 0.642. The van der Waals surface area contributed by atoms with Gasteiger partial charge in [-0.25, -0.2) is 13.2 Å². The van der Waals surface area contributed by atoms with E-state index in [1.165, 1.54) is 4.90 Å². The molecule has 0 spiro atoms. The van der Waals surface area contributed by atoms with Gasteiger partial charge in [-0.05, 0) is 33.7 Å². The number of carbonyl (C=O) groups excluding carboxylic acids is 1. The fourth-order valence-corrected chi connectivity index (χ4v) is 3.07. The number of carboxylic acid groups (broad SMARTS) is 1. The maximum absolute atomic E-state index is 11.9. The Morgan fingerprint density at radius 3 is 2.30 bits per heavy atom. The summed E-state index contributed by atoms with van der Waals surface area (Å²) in [4.78, 5) is 24.4. The van der Waals surface area contributed by atoms with Gasteiger partial charge >= 0.3 is 12.1 Å². The third kappa shape index (κ3) is 7.17. The molecule has 0 aliphatic carbocycles. The van der Waals surface area contributed by atoms with Gasteiger partial charge in [0, 0.05) is 19.3 Å². The van der Waals surface area contributed by atoms with Crippen LogP contribution in [0, 0.1) is 0 Å². The monoisotopic (exact) mass is 350 g/mol. The van der Waals surface area contributed by atoms with Gasteiger partial charge in [-0.3, -0.25) is 4.79 Å². The maximum atomic E-state index is 11.9. The number of amides is 1. The Kier molecular flexibility index (Phi) is 6.03. The van der Waals surface area contributed by atoms with Crippen LogP contribution in [-0.2, 0) is 19.4 Å². The highest BCUT2D eigenvalue weighted by molar-refractivity contribution is 7.90. The Hall–Kier alpha value is -1.35. The molecule has 1 fully saturated rings. The second kappa shape index (κ2) is 7.04. The molecule has 0 aromatic heterocycles. The van der Waals surface area contributed by atoms with E-state index in [4.69, 9.17) is 9.84 Å². The first-order valence-electron chi connectivity index (χ1n) is 7.44. The lowest BCUT2D eigenvalue weighted by Gasteiger charge is -2.49. The van der Waals surface area contributed by atoms with Crippen LogP contribution in [0.4, 0.5) is 4.79 Å². The van der Waals surface area contributed by atoms with E-state index in [1.54, 1.807) is 20.8 Å². The summed E-state index contributed by atoms with van der Waals surface area (Å²) in [5.41, 5.74) is -1.33. The number of carboxylic acids is 1. The van der Waals surface area contributed by atoms with Crippen molar-refractivity contribution in [3.63, 3.8) is 0 Å².